The molecule has 0 aliphatic heterocycles. The molecule has 1 aromatic carbocycles. The van der Waals surface area contributed by atoms with Crippen molar-refractivity contribution in [3.63, 3.8) is 0 Å². The van der Waals surface area contributed by atoms with Gasteiger partial charge in [0.1, 0.15) is 17.5 Å². The van der Waals surface area contributed by atoms with Gasteiger partial charge in [-0.15, -0.1) is 0 Å². The van der Waals surface area contributed by atoms with E-state index in [1.54, 1.807) is 12.4 Å². The Bertz CT molecular complexity index is 602. The van der Waals surface area contributed by atoms with E-state index in [9.17, 15) is 13.6 Å². The second kappa shape index (κ2) is 6.47. The molecule has 20 heavy (non-hydrogen) atoms. The first-order valence-electron chi connectivity index (χ1n) is 5.99. The molecule has 0 spiro atoms. The topological polar surface area (TPSA) is 57.8 Å². The summed E-state index contributed by atoms with van der Waals surface area (Å²) >= 11 is 5.42. The maximum atomic E-state index is 13.5. The summed E-state index contributed by atoms with van der Waals surface area (Å²) in [6.45, 7) is 0.337. The summed E-state index contributed by atoms with van der Waals surface area (Å²) in [5.74, 6) is -1.53. The number of rotatable bonds is 5. The van der Waals surface area contributed by atoms with E-state index in [0.717, 1.165) is 18.0 Å². The third kappa shape index (κ3) is 3.54. The fourth-order valence-electron chi connectivity index (χ4n) is 1.68. The third-order valence-electron chi connectivity index (χ3n) is 2.69. The van der Waals surface area contributed by atoms with Gasteiger partial charge in [0, 0.05) is 25.4 Å². The van der Waals surface area contributed by atoms with Crippen LogP contribution in [0, 0.1) is 11.6 Å². The Kier molecular flexibility index (Phi) is 4.68. The Balaban J connectivity index is 1.87. The zero-order valence-electron chi connectivity index (χ0n) is 10.4. The number of aromatic nitrogens is 2. The minimum atomic E-state index is -0.847. The monoisotopic (exact) mass is 299 g/mol. The van der Waals surface area contributed by atoms with Crippen LogP contribution in [0.25, 0.3) is 0 Å². The molecule has 0 aliphatic carbocycles. The number of H-pyrrole nitrogens is 1. The highest BCUT2D eigenvalue weighted by Crippen LogP contribution is 2.19. The summed E-state index contributed by atoms with van der Waals surface area (Å²) in [7, 11) is 0. The first-order valence-corrected chi connectivity index (χ1v) is 6.36. The number of nitrogens with zero attached hydrogens (tertiary/aromatic N) is 1. The van der Waals surface area contributed by atoms with Crippen molar-refractivity contribution in [2.45, 2.75) is 12.8 Å². The first kappa shape index (κ1) is 14.5. The largest absolute Gasteiger partial charge is 0.352 e. The SMILES string of the molecule is O=C(NCCCc1ncc[nH]1)c1cc(F)c(Cl)cc1F. The predicted octanol–water partition coefficient (Wildman–Crippen LogP) is 2.70. The molecular weight excluding hydrogens is 288 g/mol. The Morgan fingerprint density at radius 2 is 2.15 bits per heavy atom. The lowest BCUT2D eigenvalue weighted by Crippen LogP contribution is -2.26. The number of imidazole rings is 1. The maximum Gasteiger partial charge on any atom is 0.254 e. The number of hydrogen-bond acceptors (Lipinski definition) is 2. The van der Waals surface area contributed by atoms with E-state index in [1.165, 1.54) is 0 Å². The fourth-order valence-corrected chi connectivity index (χ4v) is 1.83. The van der Waals surface area contributed by atoms with Crippen LogP contribution in [0.1, 0.15) is 22.6 Å². The van der Waals surface area contributed by atoms with Gasteiger partial charge in [0.15, 0.2) is 0 Å². The second-order valence-corrected chi connectivity index (χ2v) is 4.55. The summed E-state index contributed by atoms with van der Waals surface area (Å²) in [5.41, 5.74) is -0.357. The zero-order chi connectivity index (χ0) is 14.5. The van der Waals surface area contributed by atoms with E-state index in [-0.39, 0.29) is 10.6 Å². The van der Waals surface area contributed by atoms with Gasteiger partial charge < -0.3 is 10.3 Å². The van der Waals surface area contributed by atoms with Gasteiger partial charge >= 0.3 is 0 Å². The average molecular weight is 300 g/mol. The molecule has 0 atom stereocenters. The van der Waals surface area contributed by atoms with Crippen molar-refractivity contribution in [2.75, 3.05) is 6.54 Å². The molecule has 2 N–H and O–H groups in total. The van der Waals surface area contributed by atoms with Crippen molar-refractivity contribution in [2.24, 2.45) is 0 Å². The van der Waals surface area contributed by atoms with Crippen molar-refractivity contribution < 1.29 is 13.6 Å². The predicted molar refractivity (Wildman–Crippen MR) is 70.6 cm³/mol. The first-order chi connectivity index (χ1) is 9.58. The van der Waals surface area contributed by atoms with E-state index in [0.29, 0.717) is 19.4 Å². The minimum Gasteiger partial charge on any atom is -0.352 e. The van der Waals surface area contributed by atoms with Crippen LogP contribution in [-0.2, 0) is 6.42 Å². The minimum absolute atomic E-state index is 0.337. The van der Waals surface area contributed by atoms with E-state index < -0.39 is 17.5 Å². The molecule has 1 heterocycles. The molecule has 4 nitrogen and oxygen atoms in total. The molecule has 0 unspecified atom stereocenters. The van der Waals surface area contributed by atoms with Crippen LogP contribution in [0.3, 0.4) is 0 Å². The quantitative estimate of drug-likeness (QED) is 0.659. The molecule has 0 radical (unpaired) electrons. The van der Waals surface area contributed by atoms with Gasteiger partial charge in [0.05, 0.1) is 10.6 Å². The number of carbonyl (C=O) groups is 1. The molecule has 0 bridgehead atoms. The van der Waals surface area contributed by atoms with Gasteiger partial charge in [0.2, 0.25) is 0 Å². The van der Waals surface area contributed by atoms with Crippen molar-refractivity contribution >= 4 is 17.5 Å². The van der Waals surface area contributed by atoms with Crippen molar-refractivity contribution in [3.05, 3.63) is 52.6 Å². The molecule has 0 saturated heterocycles. The molecular formula is C13H12ClF2N3O. The Morgan fingerprint density at radius 1 is 1.35 bits per heavy atom. The molecule has 1 amide bonds. The van der Waals surface area contributed by atoms with Gasteiger partial charge in [-0.05, 0) is 18.6 Å². The highest BCUT2D eigenvalue weighted by molar-refractivity contribution is 6.30. The number of aryl methyl sites for hydroxylation is 1. The van der Waals surface area contributed by atoms with Crippen LogP contribution in [0.4, 0.5) is 8.78 Å². The van der Waals surface area contributed by atoms with E-state index in [2.05, 4.69) is 15.3 Å². The number of halogens is 3. The number of amides is 1. The molecule has 106 valence electrons. The second-order valence-electron chi connectivity index (χ2n) is 4.14. The summed E-state index contributed by atoms with van der Waals surface area (Å²) in [5, 5.41) is 2.17. The number of carbonyl (C=O) groups excluding carboxylic acids is 1. The van der Waals surface area contributed by atoms with Crippen LogP contribution in [-0.4, -0.2) is 22.4 Å². The summed E-state index contributed by atoms with van der Waals surface area (Å²) < 4.78 is 26.7. The summed E-state index contributed by atoms with van der Waals surface area (Å²) in [6.07, 6.45) is 4.64. The lowest BCUT2D eigenvalue weighted by atomic mass is 10.2. The van der Waals surface area contributed by atoms with Crippen LogP contribution >= 0.6 is 11.6 Å². The molecule has 2 aromatic rings. The van der Waals surface area contributed by atoms with E-state index in [4.69, 9.17) is 11.6 Å². The summed E-state index contributed by atoms with van der Waals surface area (Å²) in [6, 6.07) is 1.58. The van der Waals surface area contributed by atoms with E-state index >= 15 is 0 Å². The van der Waals surface area contributed by atoms with Crippen LogP contribution in [0.5, 0.6) is 0 Å². The van der Waals surface area contributed by atoms with Gasteiger partial charge in [0.25, 0.3) is 5.91 Å². The zero-order valence-corrected chi connectivity index (χ0v) is 11.2. The lowest BCUT2D eigenvalue weighted by Gasteiger charge is -2.06. The fraction of sp³-hybridized carbons (Fsp3) is 0.231. The third-order valence-corrected chi connectivity index (χ3v) is 2.98. The van der Waals surface area contributed by atoms with Gasteiger partial charge in [-0.25, -0.2) is 13.8 Å². The molecule has 7 heteroatoms. The van der Waals surface area contributed by atoms with E-state index in [1.807, 2.05) is 0 Å². The lowest BCUT2D eigenvalue weighted by molar-refractivity contribution is 0.0948. The van der Waals surface area contributed by atoms with Crippen molar-refractivity contribution in [3.8, 4) is 0 Å². The van der Waals surface area contributed by atoms with Gasteiger partial charge in [-0.3, -0.25) is 4.79 Å². The number of nitrogens with one attached hydrogen (secondary N) is 2. The average Bonchev–Trinajstić information content (AvgIpc) is 2.92. The van der Waals surface area contributed by atoms with Crippen molar-refractivity contribution in [1.82, 2.24) is 15.3 Å². The van der Waals surface area contributed by atoms with Crippen LogP contribution in [0.15, 0.2) is 24.5 Å². The molecule has 1 aromatic heterocycles. The normalized spacial score (nSPS) is 10.6. The Labute approximate surface area is 119 Å². The van der Waals surface area contributed by atoms with Crippen molar-refractivity contribution in [1.29, 1.82) is 0 Å². The highest BCUT2D eigenvalue weighted by atomic mass is 35.5. The number of aromatic amines is 1. The Hall–Kier alpha value is -1.95. The molecule has 0 aliphatic rings. The van der Waals surface area contributed by atoms with Gasteiger partial charge in [-0.2, -0.15) is 0 Å². The summed E-state index contributed by atoms with van der Waals surface area (Å²) in [4.78, 5) is 18.7. The highest BCUT2D eigenvalue weighted by Gasteiger charge is 2.14. The molecule has 0 saturated carbocycles. The standard InChI is InChI=1S/C13H12ClF2N3O/c14-9-7-10(15)8(6-11(9)16)13(20)19-3-1-2-12-17-4-5-18-12/h4-7H,1-3H2,(H,17,18)(H,19,20). The Morgan fingerprint density at radius 3 is 2.85 bits per heavy atom. The molecule has 2 rings (SSSR count). The van der Waals surface area contributed by atoms with Crippen LogP contribution in [0.2, 0.25) is 5.02 Å². The smallest absolute Gasteiger partial charge is 0.254 e. The van der Waals surface area contributed by atoms with Crippen LogP contribution < -0.4 is 5.32 Å². The van der Waals surface area contributed by atoms with Gasteiger partial charge in [-0.1, -0.05) is 11.6 Å². The number of hydrogen-bond donors (Lipinski definition) is 2. The molecule has 0 fully saturated rings. The maximum absolute atomic E-state index is 13.5. The number of benzene rings is 1.